The van der Waals surface area contributed by atoms with Gasteiger partial charge in [-0.25, -0.2) is 0 Å². The van der Waals surface area contributed by atoms with E-state index in [1.807, 2.05) is 0 Å². The smallest absolute Gasteiger partial charge is 0.0483 e. The van der Waals surface area contributed by atoms with E-state index >= 15 is 0 Å². The summed E-state index contributed by atoms with van der Waals surface area (Å²) in [5, 5.41) is 4.88. The minimum absolute atomic E-state index is 0.537. The summed E-state index contributed by atoms with van der Waals surface area (Å²) in [4.78, 5) is 0. The van der Waals surface area contributed by atoms with Gasteiger partial charge in [-0.15, -0.1) is 0 Å². The number of rotatable bonds is 1. The van der Waals surface area contributed by atoms with Gasteiger partial charge >= 0.3 is 0 Å². The summed E-state index contributed by atoms with van der Waals surface area (Å²) >= 11 is 0. The number of hydrogen-bond acceptors (Lipinski definition) is 1. The van der Waals surface area contributed by atoms with Crippen LogP contribution < -0.4 is 5.32 Å². The Hall–Kier alpha value is -1.28. The molecule has 3 rings (SSSR count). The van der Waals surface area contributed by atoms with Gasteiger partial charge in [0, 0.05) is 29.7 Å². The zero-order valence-electron chi connectivity index (χ0n) is 9.96. The van der Waals surface area contributed by atoms with Crippen molar-refractivity contribution in [2.24, 2.45) is 7.05 Å². The lowest BCUT2D eigenvalue weighted by atomic mass is 9.91. The molecule has 0 saturated carbocycles. The van der Waals surface area contributed by atoms with Crippen LogP contribution in [0.3, 0.4) is 0 Å². The lowest BCUT2D eigenvalue weighted by molar-refractivity contribution is 0.490. The van der Waals surface area contributed by atoms with Gasteiger partial charge in [-0.05, 0) is 37.9 Å². The van der Waals surface area contributed by atoms with Gasteiger partial charge in [0.25, 0.3) is 0 Å². The molecule has 1 atom stereocenters. The first-order chi connectivity index (χ1) is 7.83. The van der Waals surface area contributed by atoms with Crippen LogP contribution in [0.1, 0.15) is 30.1 Å². The Kier molecular flexibility index (Phi) is 2.25. The third kappa shape index (κ3) is 1.23. The van der Waals surface area contributed by atoms with E-state index in [1.165, 1.54) is 41.4 Å². The first-order valence-corrected chi connectivity index (χ1v) is 6.06. The van der Waals surface area contributed by atoms with Crippen LogP contribution >= 0.6 is 0 Å². The van der Waals surface area contributed by atoms with Crippen molar-refractivity contribution < 1.29 is 0 Å². The van der Waals surface area contributed by atoms with Gasteiger partial charge in [0.2, 0.25) is 0 Å². The molecule has 0 saturated heterocycles. The second-order valence-corrected chi connectivity index (χ2v) is 4.67. The molecule has 1 N–H and O–H groups in total. The maximum absolute atomic E-state index is 3.45. The highest BCUT2D eigenvalue weighted by molar-refractivity contribution is 5.86. The summed E-state index contributed by atoms with van der Waals surface area (Å²) in [5.41, 5.74) is 4.42. The van der Waals surface area contributed by atoms with E-state index in [2.05, 4.69) is 48.2 Å². The first kappa shape index (κ1) is 9.91. The molecular formula is C14H18N2. The fourth-order valence-corrected chi connectivity index (χ4v) is 3.07. The molecule has 0 amide bonds. The Balaban J connectivity index is 2.34. The number of aryl methyl sites for hydroxylation is 1. The molecule has 2 nitrogen and oxygen atoms in total. The summed E-state index contributed by atoms with van der Waals surface area (Å²) in [7, 11) is 4.26. The van der Waals surface area contributed by atoms with Crippen molar-refractivity contribution in [2.45, 2.75) is 25.3 Å². The molecule has 2 aromatic rings. The zero-order chi connectivity index (χ0) is 11.1. The summed E-state index contributed by atoms with van der Waals surface area (Å²) < 4.78 is 2.37. The number of nitrogens with one attached hydrogen (secondary N) is 1. The normalized spacial score (nSPS) is 20.0. The zero-order valence-corrected chi connectivity index (χ0v) is 9.96. The maximum atomic E-state index is 3.45. The van der Waals surface area contributed by atoms with Crippen LogP contribution in [0.15, 0.2) is 24.3 Å². The van der Waals surface area contributed by atoms with Crippen LogP contribution in [0.25, 0.3) is 10.9 Å². The molecule has 1 unspecified atom stereocenters. The lowest BCUT2D eigenvalue weighted by Gasteiger charge is -2.23. The minimum Gasteiger partial charge on any atom is -0.347 e. The van der Waals surface area contributed by atoms with Crippen LogP contribution in [0, 0.1) is 0 Å². The Bertz CT molecular complexity index is 525. The topological polar surface area (TPSA) is 17.0 Å². The van der Waals surface area contributed by atoms with Crippen molar-refractivity contribution in [3.8, 4) is 0 Å². The predicted octanol–water partition coefficient (Wildman–Crippen LogP) is 2.78. The molecule has 0 bridgehead atoms. The van der Waals surface area contributed by atoms with Gasteiger partial charge < -0.3 is 9.88 Å². The highest BCUT2D eigenvalue weighted by Crippen LogP contribution is 2.36. The minimum atomic E-state index is 0.537. The Morgan fingerprint density at radius 2 is 2.12 bits per heavy atom. The molecule has 1 aromatic carbocycles. The molecule has 16 heavy (non-hydrogen) atoms. The first-order valence-electron chi connectivity index (χ1n) is 6.06. The van der Waals surface area contributed by atoms with Gasteiger partial charge in [-0.3, -0.25) is 0 Å². The van der Waals surface area contributed by atoms with Crippen LogP contribution in [0.2, 0.25) is 0 Å². The van der Waals surface area contributed by atoms with E-state index in [4.69, 9.17) is 0 Å². The fraction of sp³-hybridized carbons (Fsp3) is 0.429. The molecule has 84 valence electrons. The Morgan fingerprint density at radius 3 is 2.94 bits per heavy atom. The maximum Gasteiger partial charge on any atom is 0.0483 e. The third-order valence-electron chi connectivity index (χ3n) is 3.87. The van der Waals surface area contributed by atoms with Crippen molar-refractivity contribution in [1.82, 2.24) is 9.88 Å². The summed E-state index contributed by atoms with van der Waals surface area (Å²) in [6.07, 6.45) is 3.78. The largest absolute Gasteiger partial charge is 0.347 e. The number of benzene rings is 1. The van der Waals surface area contributed by atoms with Crippen LogP contribution in [-0.2, 0) is 13.5 Å². The molecule has 1 aliphatic rings. The molecule has 0 spiro atoms. The van der Waals surface area contributed by atoms with Crippen LogP contribution in [0.4, 0.5) is 0 Å². The number of fused-ring (bicyclic) bond motifs is 3. The summed E-state index contributed by atoms with van der Waals surface area (Å²) in [6, 6.07) is 9.28. The van der Waals surface area contributed by atoms with E-state index in [-0.39, 0.29) is 0 Å². The Morgan fingerprint density at radius 1 is 1.31 bits per heavy atom. The standard InChI is InChI=1S/C14H18N2/c1-15-11-7-5-9-13-14(11)10-6-3-4-8-12(10)16(13)2/h3-4,6,8,11,15H,5,7,9H2,1-2H3. The van der Waals surface area contributed by atoms with E-state index in [0.717, 1.165) is 0 Å². The average molecular weight is 214 g/mol. The van der Waals surface area contributed by atoms with E-state index < -0.39 is 0 Å². The number of nitrogens with zero attached hydrogens (tertiary/aromatic N) is 1. The molecule has 1 aliphatic carbocycles. The third-order valence-corrected chi connectivity index (χ3v) is 3.87. The molecular weight excluding hydrogens is 196 g/mol. The van der Waals surface area contributed by atoms with Gasteiger partial charge in [-0.1, -0.05) is 18.2 Å². The lowest BCUT2D eigenvalue weighted by Crippen LogP contribution is -2.21. The van der Waals surface area contributed by atoms with Crippen LogP contribution in [-0.4, -0.2) is 11.6 Å². The van der Waals surface area contributed by atoms with Crippen molar-refractivity contribution in [2.75, 3.05) is 7.05 Å². The highest BCUT2D eigenvalue weighted by Gasteiger charge is 2.24. The van der Waals surface area contributed by atoms with Gasteiger partial charge in [0.05, 0.1) is 0 Å². The van der Waals surface area contributed by atoms with Crippen molar-refractivity contribution in [1.29, 1.82) is 0 Å². The number of para-hydroxylation sites is 1. The van der Waals surface area contributed by atoms with Crippen LogP contribution in [0.5, 0.6) is 0 Å². The van der Waals surface area contributed by atoms with Gasteiger partial charge in [-0.2, -0.15) is 0 Å². The highest BCUT2D eigenvalue weighted by atomic mass is 15.0. The second kappa shape index (κ2) is 3.63. The molecule has 1 heterocycles. The fourth-order valence-electron chi connectivity index (χ4n) is 3.07. The number of hydrogen-bond donors (Lipinski definition) is 1. The van der Waals surface area contributed by atoms with E-state index in [1.54, 1.807) is 0 Å². The molecule has 0 fully saturated rings. The Labute approximate surface area is 96.3 Å². The molecule has 2 heteroatoms. The summed E-state index contributed by atoms with van der Waals surface area (Å²) in [5.74, 6) is 0. The molecule has 0 aliphatic heterocycles. The monoisotopic (exact) mass is 214 g/mol. The molecule has 1 aromatic heterocycles. The van der Waals surface area contributed by atoms with Crippen molar-refractivity contribution in [3.63, 3.8) is 0 Å². The predicted molar refractivity (Wildman–Crippen MR) is 67.7 cm³/mol. The van der Waals surface area contributed by atoms with Crippen molar-refractivity contribution in [3.05, 3.63) is 35.5 Å². The van der Waals surface area contributed by atoms with Gasteiger partial charge in [0.15, 0.2) is 0 Å². The van der Waals surface area contributed by atoms with Gasteiger partial charge in [0.1, 0.15) is 0 Å². The van der Waals surface area contributed by atoms with Crippen molar-refractivity contribution >= 4 is 10.9 Å². The summed E-state index contributed by atoms with van der Waals surface area (Å²) in [6.45, 7) is 0. The van der Waals surface area contributed by atoms with E-state index in [0.29, 0.717) is 6.04 Å². The van der Waals surface area contributed by atoms with E-state index in [9.17, 15) is 0 Å². The second-order valence-electron chi connectivity index (χ2n) is 4.67. The average Bonchev–Trinajstić information content (AvgIpc) is 2.64. The quantitative estimate of drug-likeness (QED) is 0.772. The SMILES string of the molecule is CNC1CCCc2c1c1ccccc1n2C. The molecule has 0 radical (unpaired) electrons. The number of aromatic nitrogens is 1.